The van der Waals surface area contributed by atoms with Gasteiger partial charge in [0.1, 0.15) is 10.8 Å². The van der Waals surface area contributed by atoms with E-state index in [0.717, 1.165) is 0 Å². The predicted octanol–water partition coefficient (Wildman–Crippen LogP) is 2.27. The number of nitrogens with zero attached hydrogens (tertiary/aromatic N) is 1. The Balaban J connectivity index is 4.51. The van der Waals surface area contributed by atoms with Crippen LogP contribution in [0.5, 0.6) is 0 Å². The molecule has 0 rings (SSSR count). The lowest BCUT2D eigenvalue weighted by atomic mass is 10.2. The molecule has 1 unspecified atom stereocenters. The molecule has 94 valence electrons. The van der Waals surface area contributed by atoms with E-state index in [9.17, 15) is 17.7 Å². The molecule has 0 radical (unpaired) electrons. The predicted molar refractivity (Wildman–Crippen MR) is 55.7 cm³/mol. The van der Waals surface area contributed by atoms with E-state index in [2.05, 4.69) is 0 Å². The van der Waals surface area contributed by atoms with Crippen LogP contribution in [0.4, 0.5) is 13.2 Å². The molecule has 16 heavy (non-hydrogen) atoms. The zero-order valence-corrected chi connectivity index (χ0v) is 10.2. The van der Waals surface area contributed by atoms with Crippen LogP contribution in [0, 0.1) is 11.3 Å². The Bertz CT molecular complexity index is 257. The quantitative estimate of drug-likeness (QED) is 0.785. The molecule has 0 aromatic carbocycles. The first-order chi connectivity index (χ1) is 7.09. The lowest BCUT2D eigenvalue weighted by Gasteiger charge is -2.28. The van der Waals surface area contributed by atoms with Crippen LogP contribution in [-0.4, -0.2) is 21.5 Å². The zero-order chi connectivity index (χ0) is 13.0. The third kappa shape index (κ3) is 5.58. The molecule has 0 aromatic heterocycles. The Morgan fingerprint density at radius 2 is 1.88 bits per heavy atom. The first-order valence-electron chi connectivity index (χ1n) is 4.70. The van der Waals surface area contributed by atoms with Crippen molar-refractivity contribution in [2.75, 3.05) is 0 Å². The second-order valence-corrected chi connectivity index (χ2v) is 6.29. The normalized spacial score (nSPS) is 16.6. The first-order valence-corrected chi connectivity index (χ1v) is 5.85. The Labute approximate surface area is 96.3 Å². The summed E-state index contributed by atoms with van der Waals surface area (Å²) in [7, 11) is 0. The smallest absolute Gasteiger partial charge is 0.408 e. The standard InChI is InChI=1S/C9H15F3N2OS/c1-8(2,3)16(15)14-7(5-4-6-13)9(10,11)12/h7,14H,4-5H2,1-3H3/t7-,16?/m0/s1. The molecule has 7 heteroatoms. The van der Waals surface area contributed by atoms with E-state index in [4.69, 9.17) is 5.26 Å². The van der Waals surface area contributed by atoms with Gasteiger partial charge in [0.2, 0.25) is 0 Å². The molecule has 1 N–H and O–H groups in total. The minimum atomic E-state index is -4.49. The molecule has 0 saturated heterocycles. The molecular formula is C9H15F3N2OS. The molecule has 0 heterocycles. The second kappa shape index (κ2) is 5.75. The minimum absolute atomic E-state index is 0.224. The average molecular weight is 256 g/mol. The van der Waals surface area contributed by atoms with Gasteiger partial charge in [-0.25, -0.2) is 0 Å². The van der Waals surface area contributed by atoms with Gasteiger partial charge in [-0.15, -0.1) is 4.72 Å². The fraction of sp³-hybridized carbons (Fsp3) is 0.889. The summed E-state index contributed by atoms with van der Waals surface area (Å²) in [5, 5.41) is 8.25. The van der Waals surface area contributed by atoms with E-state index in [1.54, 1.807) is 26.8 Å². The van der Waals surface area contributed by atoms with Crippen LogP contribution in [0.1, 0.15) is 33.6 Å². The van der Waals surface area contributed by atoms with E-state index in [1.807, 2.05) is 4.72 Å². The van der Waals surface area contributed by atoms with Gasteiger partial charge in [0, 0.05) is 17.8 Å². The number of hydrogen-bond donors (Lipinski definition) is 1. The first kappa shape index (κ1) is 15.6. The summed E-state index contributed by atoms with van der Waals surface area (Å²) in [5.41, 5.74) is 0. The summed E-state index contributed by atoms with van der Waals surface area (Å²) in [6.45, 7) is 4.73. The Kier molecular flexibility index (Phi) is 5.59. The van der Waals surface area contributed by atoms with Crippen LogP contribution in [0.15, 0.2) is 0 Å². The number of hydrogen-bond acceptors (Lipinski definition) is 3. The van der Waals surface area contributed by atoms with Gasteiger partial charge in [-0.1, -0.05) is 0 Å². The molecule has 0 bridgehead atoms. The summed E-state index contributed by atoms with van der Waals surface area (Å²) in [4.78, 5) is 0. The number of nitrogens with one attached hydrogen (secondary N) is 1. The summed E-state index contributed by atoms with van der Waals surface area (Å²) in [6, 6.07) is -0.253. The molecule has 0 aromatic rings. The maximum absolute atomic E-state index is 12.5. The van der Waals surface area contributed by atoms with Gasteiger partial charge in [-0.05, 0) is 27.2 Å². The Hall–Kier alpha value is -0.450. The minimum Gasteiger partial charge on any atom is -0.598 e. The molecule has 2 atom stereocenters. The molecule has 0 aliphatic heterocycles. The molecule has 0 saturated carbocycles. The number of halogens is 3. The molecule has 0 aliphatic carbocycles. The van der Waals surface area contributed by atoms with Crippen molar-refractivity contribution in [2.45, 2.75) is 50.6 Å². The maximum Gasteiger partial charge on any atom is 0.408 e. The molecule has 0 fully saturated rings. The summed E-state index contributed by atoms with van der Waals surface area (Å²) in [6.07, 6.45) is -5.10. The molecule has 3 nitrogen and oxygen atoms in total. The molecule has 0 spiro atoms. The highest BCUT2D eigenvalue weighted by Crippen LogP contribution is 2.26. The topological polar surface area (TPSA) is 58.9 Å². The monoisotopic (exact) mass is 256 g/mol. The third-order valence-corrected chi connectivity index (χ3v) is 3.36. The van der Waals surface area contributed by atoms with Crippen molar-refractivity contribution < 1.29 is 17.7 Å². The van der Waals surface area contributed by atoms with E-state index in [-0.39, 0.29) is 12.8 Å². The highest BCUT2D eigenvalue weighted by molar-refractivity contribution is 7.90. The molecule has 0 amide bonds. The van der Waals surface area contributed by atoms with Gasteiger partial charge >= 0.3 is 6.18 Å². The van der Waals surface area contributed by atoms with Crippen molar-refractivity contribution in [1.29, 1.82) is 5.26 Å². The Morgan fingerprint density at radius 3 is 2.19 bits per heavy atom. The molecular weight excluding hydrogens is 241 g/mol. The Morgan fingerprint density at radius 1 is 1.38 bits per heavy atom. The number of alkyl halides is 3. The van der Waals surface area contributed by atoms with Gasteiger partial charge in [-0.2, -0.15) is 18.4 Å². The van der Waals surface area contributed by atoms with Gasteiger partial charge in [0.25, 0.3) is 0 Å². The van der Waals surface area contributed by atoms with Crippen molar-refractivity contribution in [3.05, 3.63) is 0 Å². The van der Waals surface area contributed by atoms with E-state index < -0.39 is 28.3 Å². The van der Waals surface area contributed by atoms with Crippen molar-refractivity contribution in [3.63, 3.8) is 0 Å². The van der Waals surface area contributed by atoms with E-state index >= 15 is 0 Å². The van der Waals surface area contributed by atoms with Gasteiger partial charge in [-0.3, -0.25) is 0 Å². The van der Waals surface area contributed by atoms with Crippen LogP contribution >= 0.6 is 0 Å². The van der Waals surface area contributed by atoms with Gasteiger partial charge in [0.15, 0.2) is 0 Å². The van der Waals surface area contributed by atoms with Crippen LogP contribution < -0.4 is 4.72 Å². The summed E-state index contributed by atoms with van der Waals surface area (Å²) >= 11 is -1.80. The summed E-state index contributed by atoms with van der Waals surface area (Å²) < 4.78 is 50.2. The van der Waals surface area contributed by atoms with Crippen LogP contribution in [-0.2, 0) is 11.4 Å². The van der Waals surface area contributed by atoms with E-state index in [0.29, 0.717) is 0 Å². The number of nitriles is 1. The van der Waals surface area contributed by atoms with Crippen LogP contribution in [0.2, 0.25) is 0 Å². The largest absolute Gasteiger partial charge is 0.598 e. The van der Waals surface area contributed by atoms with Crippen molar-refractivity contribution in [3.8, 4) is 6.07 Å². The number of rotatable bonds is 4. The van der Waals surface area contributed by atoms with Crippen molar-refractivity contribution in [2.24, 2.45) is 0 Å². The van der Waals surface area contributed by atoms with Crippen molar-refractivity contribution in [1.82, 2.24) is 4.72 Å². The van der Waals surface area contributed by atoms with Gasteiger partial charge in [0.05, 0.1) is 6.07 Å². The SMILES string of the molecule is CC(C)(C)[S+]([O-])N[C@@H](CCC#N)C(F)(F)F. The van der Waals surface area contributed by atoms with E-state index in [1.165, 1.54) is 0 Å². The van der Waals surface area contributed by atoms with Crippen molar-refractivity contribution >= 4 is 11.4 Å². The second-order valence-electron chi connectivity index (χ2n) is 4.29. The fourth-order valence-corrected chi connectivity index (χ4v) is 1.67. The fourth-order valence-electron chi connectivity index (χ4n) is 0.804. The summed E-state index contributed by atoms with van der Waals surface area (Å²) in [5.74, 6) is 0. The molecule has 0 aliphatic rings. The third-order valence-electron chi connectivity index (χ3n) is 1.75. The average Bonchev–Trinajstić information content (AvgIpc) is 2.08. The van der Waals surface area contributed by atoms with Gasteiger partial charge < -0.3 is 4.55 Å². The zero-order valence-electron chi connectivity index (χ0n) is 9.39. The van der Waals surface area contributed by atoms with Crippen LogP contribution in [0.25, 0.3) is 0 Å². The highest BCUT2D eigenvalue weighted by atomic mass is 32.2. The lowest BCUT2D eigenvalue weighted by molar-refractivity contribution is -0.152. The lowest BCUT2D eigenvalue weighted by Crippen LogP contribution is -2.50. The highest BCUT2D eigenvalue weighted by Gasteiger charge is 2.44. The maximum atomic E-state index is 12.5. The van der Waals surface area contributed by atoms with Crippen LogP contribution in [0.3, 0.4) is 0 Å².